The second-order valence-corrected chi connectivity index (χ2v) is 5.30. The molecule has 0 bridgehead atoms. The zero-order chi connectivity index (χ0) is 15.2. The topological polar surface area (TPSA) is 38.8 Å². The number of benzene rings is 1. The van der Waals surface area contributed by atoms with Crippen LogP contribution in [0, 0.1) is 0 Å². The van der Waals surface area contributed by atoms with Crippen LogP contribution >= 0.6 is 11.6 Å². The second-order valence-electron chi connectivity index (χ2n) is 4.90. The third-order valence-corrected chi connectivity index (χ3v) is 3.45. The van der Waals surface area contributed by atoms with Gasteiger partial charge >= 0.3 is 0 Å². The third-order valence-electron chi connectivity index (χ3n) is 3.17. The lowest BCUT2D eigenvalue weighted by Gasteiger charge is -2.19. The molecule has 1 aliphatic rings. The second kappa shape index (κ2) is 7.36. The summed E-state index contributed by atoms with van der Waals surface area (Å²) in [6.07, 6.45) is 5.25. The van der Waals surface area contributed by atoms with Crippen molar-refractivity contribution in [2.45, 2.75) is 26.7 Å². The van der Waals surface area contributed by atoms with Gasteiger partial charge in [0.1, 0.15) is 0 Å². The van der Waals surface area contributed by atoms with E-state index in [9.17, 15) is 4.79 Å². The first-order chi connectivity index (χ1) is 10.2. The minimum Gasteiger partial charge on any atom is -0.454 e. The highest BCUT2D eigenvalue weighted by atomic mass is 35.5. The molecule has 5 heteroatoms. The predicted molar refractivity (Wildman–Crippen MR) is 83.8 cm³/mol. The maximum absolute atomic E-state index is 12.2. The Morgan fingerprint density at radius 2 is 2.00 bits per heavy atom. The van der Waals surface area contributed by atoms with Crippen LogP contribution in [0.25, 0.3) is 6.08 Å². The molecule has 0 saturated carbocycles. The standard InChI is InChI=1S/C16H20ClNO3/c1-3-7-18(8-4-2)15(19)6-5-12-9-13(17)16-14(10-12)20-11-21-16/h5-6,9-10H,3-4,7-8,11H2,1-2H3/b6-5+. The van der Waals surface area contributed by atoms with E-state index in [0.29, 0.717) is 16.5 Å². The maximum Gasteiger partial charge on any atom is 0.246 e. The number of rotatable bonds is 6. The summed E-state index contributed by atoms with van der Waals surface area (Å²) in [6, 6.07) is 3.59. The summed E-state index contributed by atoms with van der Waals surface area (Å²) in [6.45, 7) is 5.87. The van der Waals surface area contributed by atoms with Crippen LogP contribution < -0.4 is 9.47 Å². The Morgan fingerprint density at radius 1 is 1.29 bits per heavy atom. The van der Waals surface area contributed by atoms with Crippen LogP contribution in [0.3, 0.4) is 0 Å². The maximum atomic E-state index is 12.2. The molecule has 4 nitrogen and oxygen atoms in total. The van der Waals surface area contributed by atoms with E-state index >= 15 is 0 Å². The third kappa shape index (κ3) is 3.91. The van der Waals surface area contributed by atoms with Gasteiger partial charge < -0.3 is 14.4 Å². The molecule has 21 heavy (non-hydrogen) atoms. The van der Waals surface area contributed by atoms with Crippen molar-refractivity contribution in [3.63, 3.8) is 0 Å². The van der Waals surface area contributed by atoms with Crippen molar-refractivity contribution >= 4 is 23.6 Å². The monoisotopic (exact) mass is 309 g/mol. The molecular weight excluding hydrogens is 290 g/mol. The van der Waals surface area contributed by atoms with E-state index in [0.717, 1.165) is 31.5 Å². The molecule has 0 aliphatic carbocycles. The van der Waals surface area contributed by atoms with Crippen molar-refractivity contribution in [2.75, 3.05) is 19.9 Å². The number of ether oxygens (including phenoxy) is 2. The SMILES string of the molecule is CCCN(CCC)C(=O)/C=C/c1cc(Cl)c2c(c1)OCO2. The molecule has 1 aliphatic heterocycles. The Bertz CT molecular complexity index is 537. The van der Waals surface area contributed by atoms with Gasteiger partial charge in [-0.1, -0.05) is 25.4 Å². The molecule has 1 aromatic carbocycles. The Morgan fingerprint density at radius 3 is 2.67 bits per heavy atom. The van der Waals surface area contributed by atoms with Gasteiger partial charge in [0.25, 0.3) is 0 Å². The Kier molecular flexibility index (Phi) is 5.51. The first-order valence-corrected chi connectivity index (χ1v) is 7.59. The van der Waals surface area contributed by atoms with Crippen LogP contribution in [0.5, 0.6) is 11.5 Å². The quantitative estimate of drug-likeness (QED) is 0.752. The van der Waals surface area contributed by atoms with E-state index in [-0.39, 0.29) is 12.7 Å². The fourth-order valence-electron chi connectivity index (χ4n) is 2.23. The molecule has 0 atom stereocenters. The van der Waals surface area contributed by atoms with Crippen LogP contribution in [0.2, 0.25) is 5.02 Å². The van der Waals surface area contributed by atoms with Gasteiger partial charge in [0, 0.05) is 19.2 Å². The summed E-state index contributed by atoms with van der Waals surface area (Å²) in [7, 11) is 0. The van der Waals surface area contributed by atoms with Gasteiger partial charge in [0.15, 0.2) is 11.5 Å². The average Bonchev–Trinajstić information content (AvgIpc) is 2.93. The molecule has 1 amide bonds. The van der Waals surface area contributed by atoms with Crippen molar-refractivity contribution in [1.29, 1.82) is 0 Å². The smallest absolute Gasteiger partial charge is 0.246 e. The van der Waals surface area contributed by atoms with Gasteiger partial charge in [-0.2, -0.15) is 0 Å². The normalized spacial score (nSPS) is 12.9. The van der Waals surface area contributed by atoms with Crippen molar-refractivity contribution in [1.82, 2.24) is 4.90 Å². The molecule has 0 aromatic heterocycles. The van der Waals surface area contributed by atoms with E-state index in [1.54, 1.807) is 18.2 Å². The lowest BCUT2D eigenvalue weighted by atomic mass is 10.2. The molecule has 0 unspecified atom stereocenters. The fourth-order valence-corrected chi connectivity index (χ4v) is 2.50. The first kappa shape index (κ1) is 15.7. The number of fused-ring (bicyclic) bond motifs is 1. The fraction of sp³-hybridized carbons (Fsp3) is 0.438. The summed E-state index contributed by atoms with van der Waals surface area (Å²) in [5.41, 5.74) is 0.825. The van der Waals surface area contributed by atoms with Gasteiger partial charge in [-0.15, -0.1) is 0 Å². The van der Waals surface area contributed by atoms with Gasteiger partial charge in [-0.3, -0.25) is 4.79 Å². The van der Waals surface area contributed by atoms with Crippen LogP contribution in [0.15, 0.2) is 18.2 Å². The number of hydrogen-bond donors (Lipinski definition) is 0. The Labute approximate surface area is 130 Å². The summed E-state index contributed by atoms with van der Waals surface area (Å²) >= 11 is 6.12. The zero-order valence-corrected chi connectivity index (χ0v) is 13.2. The molecule has 0 saturated heterocycles. The highest BCUT2D eigenvalue weighted by molar-refractivity contribution is 6.32. The number of nitrogens with zero attached hydrogens (tertiary/aromatic N) is 1. The molecule has 0 spiro atoms. The van der Waals surface area contributed by atoms with Crippen LogP contribution in [0.4, 0.5) is 0 Å². The zero-order valence-electron chi connectivity index (χ0n) is 12.4. The van der Waals surface area contributed by atoms with E-state index in [1.807, 2.05) is 11.0 Å². The molecule has 0 fully saturated rings. The van der Waals surface area contributed by atoms with E-state index < -0.39 is 0 Å². The average molecular weight is 310 g/mol. The number of carbonyl (C=O) groups excluding carboxylic acids is 1. The van der Waals surface area contributed by atoms with Gasteiger partial charge in [0.05, 0.1) is 5.02 Å². The van der Waals surface area contributed by atoms with E-state index in [2.05, 4.69) is 13.8 Å². The van der Waals surface area contributed by atoms with Crippen LogP contribution in [-0.4, -0.2) is 30.7 Å². The van der Waals surface area contributed by atoms with Crippen LogP contribution in [0.1, 0.15) is 32.3 Å². The number of carbonyl (C=O) groups is 1. The molecule has 1 heterocycles. The highest BCUT2D eigenvalue weighted by Gasteiger charge is 2.17. The number of halogens is 1. The number of hydrogen-bond acceptors (Lipinski definition) is 3. The van der Waals surface area contributed by atoms with Gasteiger partial charge in [0.2, 0.25) is 12.7 Å². The largest absolute Gasteiger partial charge is 0.454 e. The summed E-state index contributed by atoms with van der Waals surface area (Å²) in [5.74, 6) is 1.21. The minimum absolute atomic E-state index is 0.0208. The summed E-state index contributed by atoms with van der Waals surface area (Å²) < 4.78 is 10.6. The lowest BCUT2D eigenvalue weighted by molar-refractivity contribution is -0.126. The molecule has 1 aromatic rings. The van der Waals surface area contributed by atoms with Crippen molar-refractivity contribution in [2.24, 2.45) is 0 Å². The Balaban J connectivity index is 2.10. The van der Waals surface area contributed by atoms with E-state index in [4.69, 9.17) is 21.1 Å². The predicted octanol–water partition coefficient (Wildman–Crippen LogP) is 3.73. The molecule has 114 valence electrons. The minimum atomic E-state index is 0.0208. The number of amides is 1. The first-order valence-electron chi connectivity index (χ1n) is 7.21. The highest BCUT2D eigenvalue weighted by Crippen LogP contribution is 2.40. The van der Waals surface area contributed by atoms with E-state index in [1.165, 1.54) is 0 Å². The van der Waals surface area contributed by atoms with Gasteiger partial charge in [-0.25, -0.2) is 0 Å². The van der Waals surface area contributed by atoms with Crippen molar-refractivity contribution in [3.8, 4) is 11.5 Å². The molecule has 0 radical (unpaired) electrons. The molecular formula is C16H20ClNO3. The van der Waals surface area contributed by atoms with Crippen LogP contribution in [-0.2, 0) is 4.79 Å². The van der Waals surface area contributed by atoms with Crippen molar-refractivity contribution < 1.29 is 14.3 Å². The Hall–Kier alpha value is -1.68. The van der Waals surface area contributed by atoms with Crippen molar-refractivity contribution in [3.05, 3.63) is 28.8 Å². The summed E-state index contributed by atoms with van der Waals surface area (Å²) in [5, 5.41) is 0.496. The molecule has 0 N–H and O–H groups in total. The lowest BCUT2D eigenvalue weighted by Crippen LogP contribution is -2.30. The molecule has 2 rings (SSSR count). The van der Waals surface area contributed by atoms with Gasteiger partial charge in [-0.05, 0) is 36.6 Å². The summed E-state index contributed by atoms with van der Waals surface area (Å²) in [4.78, 5) is 14.0.